The number of sulfonamides is 1. The molecule has 1 aromatic rings. The number of primary sulfonamides is 1. The van der Waals surface area contributed by atoms with Crippen LogP contribution in [0.4, 0.5) is 5.69 Å². The number of nitrogens with one attached hydrogen (secondary N) is 2. The third-order valence-corrected chi connectivity index (χ3v) is 3.62. The van der Waals surface area contributed by atoms with E-state index in [1.165, 1.54) is 24.3 Å². The Morgan fingerprint density at radius 3 is 2.24 bits per heavy atom. The number of anilines is 1. The molecule has 0 aliphatic carbocycles. The van der Waals surface area contributed by atoms with Gasteiger partial charge in [-0.15, -0.1) is 0 Å². The van der Waals surface area contributed by atoms with Gasteiger partial charge >= 0.3 is 11.8 Å². The van der Waals surface area contributed by atoms with Crippen LogP contribution in [0.1, 0.15) is 13.3 Å². The Morgan fingerprint density at radius 2 is 1.81 bits per heavy atom. The first kappa shape index (κ1) is 17.1. The lowest BCUT2D eigenvalue weighted by Gasteiger charge is -2.13. The first-order valence-electron chi connectivity index (χ1n) is 6.13. The minimum atomic E-state index is -3.81. The fourth-order valence-corrected chi connectivity index (χ4v) is 1.96. The smallest absolute Gasteiger partial charge is 0.313 e. The minimum Gasteiger partial charge on any atom is -0.394 e. The molecule has 9 heteroatoms. The van der Waals surface area contributed by atoms with Crippen molar-refractivity contribution in [3.05, 3.63) is 24.3 Å². The summed E-state index contributed by atoms with van der Waals surface area (Å²) in [6.07, 6.45) is 0.485. The molecule has 1 atom stereocenters. The molecule has 0 saturated carbocycles. The highest BCUT2D eigenvalue weighted by Crippen LogP contribution is 2.12. The number of hydrogen-bond donors (Lipinski definition) is 4. The van der Waals surface area contributed by atoms with E-state index in [2.05, 4.69) is 10.6 Å². The predicted octanol–water partition coefficient (Wildman–Crippen LogP) is -0.840. The normalized spacial score (nSPS) is 12.5. The molecule has 0 radical (unpaired) electrons. The molecule has 2 amide bonds. The summed E-state index contributed by atoms with van der Waals surface area (Å²) < 4.78 is 22.1. The van der Waals surface area contributed by atoms with Crippen LogP contribution in [-0.2, 0) is 19.6 Å². The van der Waals surface area contributed by atoms with E-state index >= 15 is 0 Å². The molecule has 1 unspecified atom stereocenters. The zero-order valence-electron chi connectivity index (χ0n) is 11.4. The van der Waals surface area contributed by atoms with Crippen molar-refractivity contribution >= 4 is 27.5 Å². The first-order valence-corrected chi connectivity index (χ1v) is 7.68. The molecule has 116 valence electrons. The average molecular weight is 315 g/mol. The molecule has 0 heterocycles. The van der Waals surface area contributed by atoms with Crippen LogP contribution in [0.5, 0.6) is 0 Å². The zero-order valence-corrected chi connectivity index (χ0v) is 12.2. The van der Waals surface area contributed by atoms with Gasteiger partial charge in [0.15, 0.2) is 0 Å². The summed E-state index contributed by atoms with van der Waals surface area (Å²) in [6.45, 7) is 1.49. The second kappa shape index (κ2) is 7.16. The molecule has 5 N–H and O–H groups in total. The van der Waals surface area contributed by atoms with Crippen molar-refractivity contribution in [3.63, 3.8) is 0 Å². The number of aliphatic hydroxyl groups excluding tert-OH is 1. The van der Waals surface area contributed by atoms with Crippen LogP contribution in [0.3, 0.4) is 0 Å². The van der Waals surface area contributed by atoms with Gasteiger partial charge in [-0.05, 0) is 30.7 Å². The third kappa shape index (κ3) is 5.14. The largest absolute Gasteiger partial charge is 0.394 e. The molecule has 0 aliphatic heterocycles. The monoisotopic (exact) mass is 315 g/mol. The highest BCUT2D eigenvalue weighted by atomic mass is 32.2. The molecule has 1 rings (SSSR count). The third-order valence-electron chi connectivity index (χ3n) is 2.70. The molecule has 0 aromatic heterocycles. The Balaban J connectivity index is 2.69. The summed E-state index contributed by atoms with van der Waals surface area (Å²) in [5.74, 6) is -1.79. The maximum Gasteiger partial charge on any atom is 0.313 e. The zero-order chi connectivity index (χ0) is 16.0. The summed E-state index contributed by atoms with van der Waals surface area (Å²) in [7, 11) is -3.81. The lowest BCUT2D eigenvalue weighted by atomic mass is 10.2. The second-order valence-corrected chi connectivity index (χ2v) is 5.85. The highest BCUT2D eigenvalue weighted by Gasteiger charge is 2.17. The first-order chi connectivity index (χ1) is 9.77. The van der Waals surface area contributed by atoms with E-state index < -0.39 is 27.9 Å². The summed E-state index contributed by atoms with van der Waals surface area (Å²) in [4.78, 5) is 23.1. The fourth-order valence-electron chi connectivity index (χ4n) is 1.44. The molecular formula is C12H17N3O5S. The van der Waals surface area contributed by atoms with E-state index in [1.54, 1.807) is 6.92 Å². The van der Waals surface area contributed by atoms with Gasteiger partial charge in [0.25, 0.3) is 0 Å². The van der Waals surface area contributed by atoms with Gasteiger partial charge in [-0.25, -0.2) is 13.6 Å². The van der Waals surface area contributed by atoms with Crippen molar-refractivity contribution in [2.45, 2.75) is 24.3 Å². The molecule has 0 fully saturated rings. The molecule has 1 aromatic carbocycles. The van der Waals surface area contributed by atoms with Gasteiger partial charge in [0, 0.05) is 5.69 Å². The van der Waals surface area contributed by atoms with E-state index in [1.807, 2.05) is 0 Å². The molecule has 0 aliphatic rings. The van der Waals surface area contributed by atoms with E-state index in [9.17, 15) is 18.0 Å². The van der Waals surface area contributed by atoms with Crippen molar-refractivity contribution < 1.29 is 23.1 Å². The number of benzene rings is 1. The van der Waals surface area contributed by atoms with Crippen molar-refractivity contribution in [3.8, 4) is 0 Å². The van der Waals surface area contributed by atoms with Gasteiger partial charge in [0.1, 0.15) is 0 Å². The van der Waals surface area contributed by atoms with E-state index in [-0.39, 0.29) is 17.2 Å². The molecular weight excluding hydrogens is 298 g/mol. The van der Waals surface area contributed by atoms with E-state index in [4.69, 9.17) is 10.2 Å². The number of aliphatic hydroxyl groups is 1. The standard InChI is InChI=1S/C12H17N3O5S/c1-2-8(7-16)14-11(17)12(18)15-9-3-5-10(6-4-9)21(13,19)20/h3-6,8,16H,2,7H2,1H3,(H,14,17)(H,15,18)(H2,13,19,20). The number of hydrogen-bond acceptors (Lipinski definition) is 5. The van der Waals surface area contributed by atoms with Crippen LogP contribution in [0, 0.1) is 0 Å². The Morgan fingerprint density at radius 1 is 1.24 bits per heavy atom. The van der Waals surface area contributed by atoms with Gasteiger partial charge < -0.3 is 15.7 Å². The Labute approximate surface area is 122 Å². The molecule has 0 saturated heterocycles. The number of amides is 2. The SMILES string of the molecule is CCC(CO)NC(=O)C(=O)Nc1ccc(S(N)(=O)=O)cc1. The van der Waals surface area contributed by atoms with Crippen LogP contribution >= 0.6 is 0 Å². The van der Waals surface area contributed by atoms with Crippen molar-refractivity contribution in [2.75, 3.05) is 11.9 Å². The number of carbonyl (C=O) groups excluding carboxylic acids is 2. The van der Waals surface area contributed by atoms with Crippen LogP contribution in [-0.4, -0.2) is 38.0 Å². The summed E-state index contributed by atoms with van der Waals surface area (Å²) in [6, 6.07) is 4.56. The van der Waals surface area contributed by atoms with Gasteiger partial charge in [-0.3, -0.25) is 9.59 Å². The van der Waals surface area contributed by atoms with Crippen LogP contribution < -0.4 is 15.8 Å². The van der Waals surface area contributed by atoms with E-state index in [0.29, 0.717) is 6.42 Å². The summed E-state index contributed by atoms with van der Waals surface area (Å²) >= 11 is 0. The predicted molar refractivity (Wildman–Crippen MR) is 75.8 cm³/mol. The number of nitrogens with two attached hydrogens (primary N) is 1. The van der Waals surface area contributed by atoms with Gasteiger partial charge in [-0.1, -0.05) is 6.92 Å². The van der Waals surface area contributed by atoms with Crippen molar-refractivity contribution in [1.29, 1.82) is 0 Å². The molecule has 21 heavy (non-hydrogen) atoms. The topological polar surface area (TPSA) is 139 Å². The summed E-state index contributed by atoms with van der Waals surface area (Å²) in [5, 5.41) is 18.5. The minimum absolute atomic E-state index is 0.101. The molecule has 8 nitrogen and oxygen atoms in total. The second-order valence-electron chi connectivity index (χ2n) is 4.28. The van der Waals surface area contributed by atoms with Gasteiger partial charge in [-0.2, -0.15) is 0 Å². The molecule has 0 bridgehead atoms. The quantitative estimate of drug-likeness (QED) is 0.525. The Hall–Kier alpha value is -1.97. The van der Waals surface area contributed by atoms with Crippen LogP contribution in [0.25, 0.3) is 0 Å². The van der Waals surface area contributed by atoms with Crippen molar-refractivity contribution in [2.24, 2.45) is 5.14 Å². The van der Waals surface area contributed by atoms with Crippen molar-refractivity contribution in [1.82, 2.24) is 5.32 Å². The van der Waals surface area contributed by atoms with Crippen LogP contribution in [0.2, 0.25) is 0 Å². The molecule has 0 spiro atoms. The van der Waals surface area contributed by atoms with Crippen LogP contribution in [0.15, 0.2) is 29.2 Å². The highest BCUT2D eigenvalue weighted by molar-refractivity contribution is 7.89. The van der Waals surface area contributed by atoms with Gasteiger partial charge in [0.05, 0.1) is 17.5 Å². The maximum atomic E-state index is 11.6. The summed E-state index contributed by atoms with van der Waals surface area (Å²) in [5.41, 5.74) is 0.250. The van der Waals surface area contributed by atoms with E-state index in [0.717, 1.165) is 0 Å². The average Bonchev–Trinajstić information content (AvgIpc) is 2.44. The Bertz CT molecular complexity index is 608. The number of rotatable bonds is 5. The maximum absolute atomic E-state index is 11.6. The lowest BCUT2D eigenvalue weighted by molar-refractivity contribution is -0.136. The Kier molecular flexibility index (Phi) is 5.82. The fraction of sp³-hybridized carbons (Fsp3) is 0.333. The number of carbonyl (C=O) groups is 2. The lowest BCUT2D eigenvalue weighted by Crippen LogP contribution is -2.43. The van der Waals surface area contributed by atoms with Gasteiger partial charge in [0.2, 0.25) is 10.0 Å².